The first-order valence-electron chi connectivity index (χ1n) is 5.26. The van der Waals surface area contributed by atoms with Crippen LogP contribution in [0.15, 0.2) is 28.7 Å². The van der Waals surface area contributed by atoms with Gasteiger partial charge in [0, 0.05) is 24.8 Å². The molecule has 1 unspecified atom stereocenters. The van der Waals surface area contributed by atoms with Gasteiger partial charge in [-0.3, -0.25) is 0 Å². The lowest BCUT2D eigenvalue weighted by Crippen LogP contribution is -1.95. The fourth-order valence-electron chi connectivity index (χ4n) is 1.66. The van der Waals surface area contributed by atoms with Crippen molar-refractivity contribution in [2.24, 2.45) is 0 Å². The first-order valence-corrected chi connectivity index (χ1v) is 8.16. The van der Waals surface area contributed by atoms with Gasteiger partial charge in [0.1, 0.15) is 5.75 Å². The monoisotopic (exact) mass is 408 g/mol. The van der Waals surface area contributed by atoms with Crippen molar-refractivity contribution >= 4 is 54.8 Å². The fraction of sp³-hybridized carbons (Fsp3) is 0.231. The maximum Gasteiger partial charge on any atom is 0.123 e. The molecule has 0 fully saturated rings. The van der Waals surface area contributed by atoms with Crippen molar-refractivity contribution < 1.29 is 4.74 Å². The Morgan fingerprint density at radius 1 is 1.33 bits per heavy atom. The number of aryl methyl sites for hydroxylation is 1. The van der Waals surface area contributed by atoms with Crippen LogP contribution in [-0.4, -0.2) is 7.11 Å². The van der Waals surface area contributed by atoms with E-state index < -0.39 is 0 Å². The standard InChI is InChI=1S/C13H11Br2ClOS/c1-7-10(14)6-12(18-7)13(15)9-5-8(16)3-4-11(9)17-2/h3-6,13H,1-2H3. The number of ether oxygens (including phenoxy) is 1. The number of alkyl halides is 1. The molecular formula is C13H11Br2ClOS. The molecule has 1 aromatic heterocycles. The Labute approximate surface area is 132 Å². The van der Waals surface area contributed by atoms with Crippen LogP contribution >= 0.6 is 54.8 Å². The molecule has 5 heteroatoms. The van der Waals surface area contributed by atoms with Crippen LogP contribution in [0.2, 0.25) is 5.02 Å². The zero-order chi connectivity index (χ0) is 13.3. The molecule has 1 nitrogen and oxygen atoms in total. The van der Waals surface area contributed by atoms with Crippen LogP contribution in [0.5, 0.6) is 5.75 Å². The summed E-state index contributed by atoms with van der Waals surface area (Å²) >= 11 is 15.1. The second kappa shape index (κ2) is 5.95. The summed E-state index contributed by atoms with van der Waals surface area (Å²) in [5.41, 5.74) is 1.04. The summed E-state index contributed by atoms with van der Waals surface area (Å²) in [6, 6.07) is 7.78. The van der Waals surface area contributed by atoms with Gasteiger partial charge in [0.25, 0.3) is 0 Å². The molecule has 1 heterocycles. The first kappa shape index (κ1) is 14.4. The predicted molar refractivity (Wildman–Crippen MR) is 85.5 cm³/mol. The van der Waals surface area contributed by atoms with Crippen molar-refractivity contribution in [3.63, 3.8) is 0 Å². The quantitative estimate of drug-likeness (QED) is 0.567. The molecule has 18 heavy (non-hydrogen) atoms. The molecule has 0 saturated heterocycles. The van der Waals surface area contributed by atoms with Crippen LogP contribution in [0.3, 0.4) is 0 Å². The Balaban J connectivity index is 2.44. The van der Waals surface area contributed by atoms with Gasteiger partial charge in [0.15, 0.2) is 0 Å². The van der Waals surface area contributed by atoms with Gasteiger partial charge in [-0.15, -0.1) is 11.3 Å². The second-order valence-electron chi connectivity index (χ2n) is 3.80. The lowest BCUT2D eigenvalue weighted by atomic mass is 10.1. The first-order chi connectivity index (χ1) is 8.52. The molecule has 0 saturated carbocycles. The predicted octanol–water partition coefficient (Wildman–Crippen LogP) is 5.97. The van der Waals surface area contributed by atoms with Crippen LogP contribution in [0, 0.1) is 6.92 Å². The Morgan fingerprint density at radius 2 is 2.06 bits per heavy atom. The third kappa shape index (κ3) is 2.93. The van der Waals surface area contributed by atoms with Crippen LogP contribution in [0.25, 0.3) is 0 Å². The van der Waals surface area contributed by atoms with Crippen molar-refractivity contribution in [2.45, 2.75) is 11.8 Å². The van der Waals surface area contributed by atoms with E-state index >= 15 is 0 Å². The van der Waals surface area contributed by atoms with Gasteiger partial charge in [0.2, 0.25) is 0 Å². The molecule has 0 aliphatic heterocycles. The van der Waals surface area contributed by atoms with Gasteiger partial charge in [-0.1, -0.05) is 27.5 Å². The molecule has 0 aliphatic carbocycles. The van der Waals surface area contributed by atoms with E-state index in [1.54, 1.807) is 18.4 Å². The Hall–Kier alpha value is -0.0300. The number of benzene rings is 1. The molecular weight excluding hydrogens is 399 g/mol. The average molecular weight is 411 g/mol. The van der Waals surface area contributed by atoms with Crippen molar-refractivity contribution in [3.05, 3.63) is 49.1 Å². The molecule has 0 bridgehead atoms. The molecule has 0 amide bonds. The van der Waals surface area contributed by atoms with E-state index in [9.17, 15) is 0 Å². The summed E-state index contributed by atoms with van der Waals surface area (Å²) in [5, 5.41) is 0.711. The van der Waals surface area contributed by atoms with E-state index in [0.29, 0.717) is 5.02 Å². The Bertz CT molecular complexity index is 549. The number of halogens is 3. The Kier molecular flexibility index (Phi) is 4.75. The number of hydrogen-bond donors (Lipinski definition) is 0. The van der Waals surface area contributed by atoms with Crippen LogP contribution in [0.4, 0.5) is 0 Å². The maximum atomic E-state index is 6.06. The molecule has 96 valence electrons. The fourth-order valence-corrected chi connectivity index (χ4v) is 4.17. The van der Waals surface area contributed by atoms with E-state index in [1.807, 2.05) is 18.2 Å². The van der Waals surface area contributed by atoms with Gasteiger partial charge in [-0.2, -0.15) is 0 Å². The topological polar surface area (TPSA) is 9.23 Å². The van der Waals surface area contributed by atoms with E-state index in [0.717, 1.165) is 15.8 Å². The van der Waals surface area contributed by atoms with Gasteiger partial charge in [-0.25, -0.2) is 0 Å². The normalized spacial score (nSPS) is 12.5. The maximum absolute atomic E-state index is 6.06. The lowest BCUT2D eigenvalue weighted by Gasteiger charge is -2.13. The average Bonchev–Trinajstić information content (AvgIpc) is 2.68. The van der Waals surface area contributed by atoms with E-state index in [1.165, 1.54) is 9.75 Å². The SMILES string of the molecule is COc1ccc(Cl)cc1C(Br)c1cc(Br)c(C)s1. The summed E-state index contributed by atoms with van der Waals surface area (Å²) < 4.78 is 6.52. The highest BCUT2D eigenvalue weighted by molar-refractivity contribution is 9.10. The number of rotatable bonds is 3. The smallest absolute Gasteiger partial charge is 0.123 e. The summed E-state index contributed by atoms with van der Waals surface area (Å²) in [6.45, 7) is 2.09. The molecule has 2 aromatic rings. The van der Waals surface area contributed by atoms with Gasteiger partial charge in [0.05, 0.1) is 11.9 Å². The highest BCUT2D eigenvalue weighted by atomic mass is 79.9. The second-order valence-corrected chi connectivity index (χ2v) is 7.30. The van der Waals surface area contributed by atoms with Crippen LogP contribution < -0.4 is 4.74 Å². The minimum Gasteiger partial charge on any atom is -0.496 e. The summed E-state index contributed by atoms with van der Waals surface area (Å²) in [6.07, 6.45) is 0. The number of hydrogen-bond acceptors (Lipinski definition) is 2. The van der Waals surface area contributed by atoms with Crippen LogP contribution in [0.1, 0.15) is 20.1 Å². The van der Waals surface area contributed by atoms with Crippen molar-refractivity contribution in [1.29, 1.82) is 0 Å². The highest BCUT2D eigenvalue weighted by Crippen LogP contribution is 2.42. The largest absolute Gasteiger partial charge is 0.496 e. The molecule has 0 aliphatic rings. The minimum absolute atomic E-state index is 0.0844. The molecule has 0 spiro atoms. The zero-order valence-electron chi connectivity index (χ0n) is 9.84. The van der Waals surface area contributed by atoms with Gasteiger partial charge < -0.3 is 4.74 Å². The minimum atomic E-state index is 0.0844. The Morgan fingerprint density at radius 3 is 2.61 bits per heavy atom. The van der Waals surface area contributed by atoms with Crippen molar-refractivity contribution in [2.75, 3.05) is 7.11 Å². The molecule has 0 radical (unpaired) electrons. The third-order valence-corrected chi connectivity index (χ3v) is 6.32. The molecule has 1 aromatic carbocycles. The lowest BCUT2D eigenvalue weighted by molar-refractivity contribution is 0.410. The van der Waals surface area contributed by atoms with Crippen molar-refractivity contribution in [1.82, 2.24) is 0 Å². The molecule has 2 rings (SSSR count). The van der Waals surface area contributed by atoms with Crippen LogP contribution in [-0.2, 0) is 0 Å². The van der Waals surface area contributed by atoms with Crippen molar-refractivity contribution in [3.8, 4) is 5.75 Å². The molecule has 1 atom stereocenters. The summed E-state index contributed by atoms with van der Waals surface area (Å²) in [5.74, 6) is 0.837. The van der Waals surface area contributed by atoms with E-state index in [4.69, 9.17) is 16.3 Å². The third-order valence-electron chi connectivity index (χ3n) is 2.59. The highest BCUT2D eigenvalue weighted by Gasteiger charge is 2.18. The van der Waals surface area contributed by atoms with Gasteiger partial charge >= 0.3 is 0 Å². The van der Waals surface area contributed by atoms with E-state index in [-0.39, 0.29) is 4.83 Å². The number of methoxy groups -OCH3 is 1. The summed E-state index contributed by atoms with van der Waals surface area (Å²) in [7, 11) is 1.67. The molecule has 0 N–H and O–H groups in total. The van der Waals surface area contributed by atoms with E-state index in [2.05, 4.69) is 44.8 Å². The summed E-state index contributed by atoms with van der Waals surface area (Å²) in [4.78, 5) is 2.57. The zero-order valence-corrected chi connectivity index (χ0v) is 14.6. The van der Waals surface area contributed by atoms with Gasteiger partial charge in [-0.05, 0) is 47.1 Å². The number of thiophene rings is 1.